The van der Waals surface area contributed by atoms with Crippen LogP contribution in [0.1, 0.15) is 24.4 Å². The van der Waals surface area contributed by atoms with Crippen molar-refractivity contribution < 1.29 is 4.42 Å². The van der Waals surface area contributed by atoms with E-state index in [0.29, 0.717) is 11.7 Å². The van der Waals surface area contributed by atoms with Gasteiger partial charge in [0.05, 0.1) is 12.2 Å². The number of furan rings is 1. The van der Waals surface area contributed by atoms with Crippen molar-refractivity contribution in [2.45, 2.75) is 29.8 Å². The first-order valence-corrected chi connectivity index (χ1v) is 8.04. The summed E-state index contributed by atoms with van der Waals surface area (Å²) in [6.45, 7) is 2.81. The molecular formula is C16H17N5OS. The Morgan fingerprint density at radius 1 is 1.13 bits per heavy atom. The summed E-state index contributed by atoms with van der Waals surface area (Å²) in [5, 5.41) is 1.46. The summed E-state index contributed by atoms with van der Waals surface area (Å²) in [5.41, 5.74) is 0.987. The molecule has 3 aromatic heterocycles. The standard InChI is InChI=1S/C16H17N5OS/c1-12(14-6-9-17-11-20-14)21(2)10-13-4-5-15(22-13)23-16-18-7-3-8-19-16/h3-9,11-12H,10H2,1-2H3/t12-/m0/s1. The molecule has 3 aromatic rings. The summed E-state index contributed by atoms with van der Waals surface area (Å²) in [6.07, 6.45) is 6.77. The maximum atomic E-state index is 5.85. The van der Waals surface area contributed by atoms with Crippen LogP contribution >= 0.6 is 11.8 Å². The van der Waals surface area contributed by atoms with E-state index in [1.807, 2.05) is 25.2 Å². The molecular weight excluding hydrogens is 310 g/mol. The van der Waals surface area contributed by atoms with Gasteiger partial charge in [-0.25, -0.2) is 19.9 Å². The van der Waals surface area contributed by atoms with Crippen LogP contribution in [0.25, 0.3) is 0 Å². The van der Waals surface area contributed by atoms with Gasteiger partial charge in [0.1, 0.15) is 12.1 Å². The van der Waals surface area contributed by atoms with Gasteiger partial charge in [-0.2, -0.15) is 0 Å². The fourth-order valence-corrected chi connectivity index (χ4v) is 2.77. The molecule has 0 aromatic carbocycles. The molecule has 0 bridgehead atoms. The maximum absolute atomic E-state index is 5.85. The summed E-state index contributed by atoms with van der Waals surface area (Å²) in [6, 6.07) is 7.82. The lowest BCUT2D eigenvalue weighted by atomic mass is 10.2. The van der Waals surface area contributed by atoms with Crippen LogP contribution in [0.15, 0.2) is 63.8 Å². The molecule has 0 spiro atoms. The van der Waals surface area contributed by atoms with Gasteiger partial charge < -0.3 is 4.42 Å². The second-order valence-corrected chi connectivity index (χ2v) is 6.05. The second kappa shape index (κ2) is 7.34. The highest BCUT2D eigenvalue weighted by Gasteiger charge is 2.15. The normalized spacial score (nSPS) is 12.5. The van der Waals surface area contributed by atoms with Crippen molar-refractivity contribution in [3.05, 3.63) is 60.6 Å². The fourth-order valence-electron chi connectivity index (χ4n) is 2.08. The minimum atomic E-state index is 0.177. The molecule has 3 heterocycles. The molecule has 6 nitrogen and oxygen atoms in total. The third-order valence-corrected chi connectivity index (χ3v) is 4.28. The van der Waals surface area contributed by atoms with Crippen LogP contribution in [-0.4, -0.2) is 31.9 Å². The number of rotatable bonds is 6. The molecule has 0 amide bonds. The van der Waals surface area contributed by atoms with E-state index in [1.54, 1.807) is 31.0 Å². The molecule has 0 aliphatic heterocycles. The van der Waals surface area contributed by atoms with E-state index in [-0.39, 0.29) is 6.04 Å². The molecule has 118 valence electrons. The highest BCUT2D eigenvalue weighted by molar-refractivity contribution is 7.99. The number of hydrogen-bond acceptors (Lipinski definition) is 7. The summed E-state index contributed by atoms with van der Waals surface area (Å²) in [5.74, 6) is 0.895. The van der Waals surface area contributed by atoms with Gasteiger partial charge in [0.25, 0.3) is 0 Å². The van der Waals surface area contributed by atoms with Gasteiger partial charge >= 0.3 is 0 Å². The fraction of sp³-hybridized carbons (Fsp3) is 0.250. The van der Waals surface area contributed by atoms with Gasteiger partial charge in [-0.1, -0.05) is 0 Å². The van der Waals surface area contributed by atoms with Gasteiger partial charge in [-0.15, -0.1) is 0 Å². The Labute approximate surface area is 139 Å². The molecule has 1 atom stereocenters. The third kappa shape index (κ3) is 4.14. The van der Waals surface area contributed by atoms with Crippen molar-refractivity contribution in [1.29, 1.82) is 0 Å². The van der Waals surface area contributed by atoms with Gasteiger partial charge in [-0.3, -0.25) is 4.90 Å². The van der Waals surface area contributed by atoms with Crippen LogP contribution in [0, 0.1) is 0 Å². The summed E-state index contributed by atoms with van der Waals surface area (Å²) >= 11 is 1.41. The Bertz CT molecular complexity index is 734. The first-order chi connectivity index (χ1) is 11.2. The minimum Gasteiger partial charge on any atom is -0.453 e. The van der Waals surface area contributed by atoms with Crippen molar-refractivity contribution in [3.8, 4) is 0 Å². The van der Waals surface area contributed by atoms with Crippen LogP contribution in [0.3, 0.4) is 0 Å². The van der Waals surface area contributed by atoms with Crippen LogP contribution in [0.4, 0.5) is 0 Å². The van der Waals surface area contributed by atoms with Crippen molar-refractivity contribution >= 4 is 11.8 Å². The lowest BCUT2D eigenvalue weighted by Crippen LogP contribution is -2.22. The van der Waals surface area contributed by atoms with Crippen molar-refractivity contribution in [2.24, 2.45) is 0 Å². The topological polar surface area (TPSA) is 67.9 Å². The summed E-state index contributed by atoms with van der Waals surface area (Å²) in [4.78, 5) is 18.8. The van der Waals surface area contributed by atoms with E-state index in [4.69, 9.17) is 4.42 Å². The SMILES string of the molecule is C[C@@H](c1ccncn1)N(C)Cc1ccc(Sc2ncccn2)o1. The second-order valence-electron chi connectivity index (χ2n) is 5.08. The van der Waals surface area contributed by atoms with E-state index in [9.17, 15) is 0 Å². The Hall–Kier alpha value is -2.25. The predicted molar refractivity (Wildman–Crippen MR) is 86.8 cm³/mol. The molecule has 0 saturated carbocycles. The zero-order chi connectivity index (χ0) is 16.1. The average Bonchev–Trinajstić information content (AvgIpc) is 3.02. The Kier molecular flexibility index (Phi) is 4.99. The van der Waals surface area contributed by atoms with Gasteiger partial charge in [-0.05, 0) is 50.0 Å². The maximum Gasteiger partial charge on any atom is 0.195 e. The van der Waals surface area contributed by atoms with Gasteiger partial charge in [0.15, 0.2) is 10.2 Å². The Morgan fingerprint density at radius 2 is 1.96 bits per heavy atom. The molecule has 0 saturated heterocycles. The van der Waals surface area contributed by atoms with Gasteiger partial charge in [0, 0.05) is 24.6 Å². The number of hydrogen-bond donors (Lipinski definition) is 0. The molecule has 0 N–H and O–H groups in total. The van der Waals surface area contributed by atoms with Crippen molar-refractivity contribution in [1.82, 2.24) is 24.8 Å². The van der Waals surface area contributed by atoms with Crippen LogP contribution in [0.2, 0.25) is 0 Å². The number of aromatic nitrogens is 4. The first kappa shape index (κ1) is 15.6. The zero-order valence-electron chi connectivity index (χ0n) is 13.0. The Morgan fingerprint density at radius 3 is 2.70 bits per heavy atom. The highest BCUT2D eigenvalue weighted by atomic mass is 32.2. The van der Waals surface area contributed by atoms with E-state index in [2.05, 4.69) is 31.8 Å². The molecule has 0 aliphatic rings. The van der Waals surface area contributed by atoms with Gasteiger partial charge in [0.2, 0.25) is 0 Å². The smallest absolute Gasteiger partial charge is 0.195 e. The van der Waals surface area contributed by atoms with E-state index >= 15 is 0 Å². The lowest BCUT2D eigenvalue weighted by molar-refractivity contribution is 0.223. The molecule has 0 unspecified atom stereocenters. The summed E-state index contributed by atoms with van der Waals surface area (Å²) < 4.78 is 5.85. The van der Waals surface area contributed by atoms with E-state index in [1.165, 1.54) is 11.8 Å². The molecule has 7 heteroatoms. The van der Waals surface area contributed by atoms with Crippen LogP contribution in [0.5, 0.6) is 0 Å². The molecule has 3 rings (SSSR count). The molecule has 0 fully saturated rings. The zero-order valence-corrected chi connectivity index (χ0v) is 13.8. The molecule has 23 heavy (non-hydrogen) atoms. The summed E-state index contributed by atoms with van der Waals surface area (Å²) in [7, 11) is 2.04. The minimum absolute atomic E-state index is 0.177. The number of nitrogens with zero attached hydrogens (tertiary/aromatic N) is 5. The average molecular weight is 327 g/mol. The van der Waals surface area contributed by atoms with Crippen molar-refractivity contribution in [2.75, 3.05) is 7.05 Å². The monoisotopic (exact) mass is 327 g/mol. The van der Waals surface area contributed by atoms with Crippen LogP contribution in [-0.2, 0) is 6.54 Å². The molecule has 0 radical (unpaired) electrons. The van der Waals surface area contributed by atoms with E-state index in [0.717, 1.165) is 16.5 Å². The van der Waals surface area contributed by atoms with Crippen molar-refractivity contribution in [3.63, 3.8) is 0 Å². The highest BCUT2D eigenvalue weighted by Crippen LogP contribution is 2.27. The third-order valence-electron chi connectivity index (χ3n) is 3.47. The molecule has 0 aliphatic carbocycles. The van der Waals surface area contributed by atoms with E-state index < -0.39 is 0 Å². The first-order valence-electron chi connectivity index (χ1n) is 7.22. The quantitative estimate of drug-likeness (QED) is 0.644. The lowest BCUT2D eigenvalue weighted by Gasteiger charge is -2.22. The predicted octanol–water partition coefficient (Wildman–Crippen LogP) is 3.20. The van der Waals surface area contributed by atoms with Crippen LogP contribution < -0.4 is 0 Å². The largest absolute Gasteiger partial charge is 0.453 e. The Balaban J connectivity index is 1.62.